The summed E-state index contributed by atoms with van der Waals surface area (Å²) in [6, 6.07) is 16.4. The van der Waals surface area contributed by atoms with Crippen molar-refractivity contribution in [3.63, 3.8) is 0 Å². The van der Waals surface area contributed by atoms with Gasteiger partial charge in [-0.3, -0.25) is 9.59 Å². The van der Waals surface area contributed by atoms with E-state index in [0.717, 1.165) is 27.6 Å². The molecule has 4 aromatic rings. The lowest BCUT2D eigenvalue weighted by Crippen LogP contribution is -2.33. The molecular formula is C21H19N5O2S. The van der Waals surface area contributed by atoms with E-state index in [0.29, 0.717) is 5.16 Å². The zero-order valence-electron chi connectivity index (χ0n) is 16.0. The molecule has 0 spiro atoms. The van der Waals surface area contributed by atoms with Gasteiger partial charge in [-0.2, -0.15) is 0 Å². The maximum absolute atomic E-state index is 12.4. The summed E-state index contributed by atoms with van der Waals surface area (Å²) in [7, 11) is 1.93. The molecule has 0 aliphatic carbocycles. The minimum absolute atomic E-state index is 0.0910. The molecule has 29 heavy (non-hydrogen) atoms. The van der Waals surface area contributed by atoms with E-state index in [4.69, 9.17) is 0 Å². The second-order valence-corrected chi connectivity index (χ2v) is 7.60. The standard InChI is InChI=1S/C21H19N5O2S/c1-13(27)18(14-8-4-3-5-9-14)22-17(28)12-29-21-23-20-19(24-25-21)15-10-6-7-11-16(15)26(20)2/h3-11,18H,12H2,1-2H3,(H,22,28)/t18-/m1/s1. The Labute approximate surface area is 171 Å². The molecule has 0 saturated carbocycles. The Morgan fingerprint density at radius 3 is 2.55 bits per heavy atom. The third-order valence-electron chi connectivity index (χ3n) is 4.66. The summed E-state index contributed by atoms with van der Waals surface area (Å²) in [5.74, 6) is -0.294. The third-order valence-corrected chi connectivity index (χ3v) is 5.50. The molecule has 0 saturated heterocycles. The summed E-state index contributed by atoms with van der Waals surface area (Å²) in [6.45, 7) is 1.46. The predicted molar refractivity (Wildman–Crippen MR) is 113 cm³/mol. The number of para-hydroxylation sites is 1. The first-order chi connectivity index (χ1) is 14.0. The molecule has 0 fully saturated rings. The molecule has 2 aromatic carbocycles. The van der Waals surface area contributed by atoms with Crippen LogP contribution in [0.25, 0.3) is 22.1 Å². The van der Waals surface area contributed by atoms with Crippen molar-refractivity contribution in [2.45, 2.75) is 18.1 Å². The summed E-state index contributed by atoms with van der Waals surface area (Å²) < 4.78 is 1.96. The number of hydrogen-bond donors (Lipinski definition) is 1. The smallest absolute Gasteiger partial charge is 0.231 e. The number of nitrogens with one attached hydrogen (secondary N) is 1. The fraction of sp³-hybridized carbons (Fsp3) is 0.190. The van der Waals surface area contributed by atoms with Gasteiger partial charge in [-0.1, -0.05) is 60.3 Å². The summed E-state index contributed by atoms with van der Waals surface area (Å²) in [6.07, 6.45) is 0. The van der Waals surface area contributed by atoms with Crippen molar-refractivity contribution in [2.24, 2.45) is 7.05 Å². The van der Waals surface area contributed by atoms with Gasteiger partial charge in [0.05, 0.1) is 11.3 Å². The van der Waals surface area contributed by atoms with E-state index < -0.39 is 6.04 Å². The molecule has 0 bridgehead atoms. The lowest BCUT2D eigenvalue weighted by atomic mass is 10.0. The van der Waals surface area contributed by atoms with Crippen LogP contribution in [0.5, 0.6) is 0 Å². The van der Waals surface area contributed by atoms with E-state index in [1.54, 1.807) is 0 Å². The van der Waals surface area contributed by atoms with E-state index >= 15 is 0 Å². The Kier molecular flexibility index (Phi) is 5.26. The van der Waals surface area contributed by atoms with Gasteiger partial charge in [0.1, 0.15) is 11.6 Å². The number of nitrogens with zero attached hydrogens (tertiary/aromatic N) is 4. The summed E-state index contributed by atoms with van der Waals surface area (Å²) >= 11 is 1.19. The van der Waals surface area contributed by atoms with Crippen LogP contribution < -0.4 is 5.32 Å². The number of fused-ring (bicyclic) bond motifs is 3. The average Bonchev–Trinajstić information content (AvgIpc) is 3.03. The number of aromatic nitrogens is 4. The highest BCUT2D eigenvalue weighted by atomic mass is 32.2. The number of carbonyl (C=O) groups excluding carboxylic acids is 2. The Morgan fingerprint density at radius 1 is 1.07 bits per heavy atom. The van der Waals surface area contributed by atoms with Gasteiger partial charge in [0, 0.05) is 12.4 Å². The van der Waals surface area contributed by atoms with Gasteiger partial charge >= 0.3 is 0 Å². The quantitative estimate of drug-likeness (QED) is 0.496. The minimum atomic E-state index is -0.663. The van der Waals surface area contributed by atoms with Crippen LogP contribution >= 0.6 is 11.8 Å². The molecule has 0 radical (unpaired) electrons. The van der Waals surface area contributed by atoms with Crippen molar-refractivity contribution in [1.82, 2.24) is 25.1 Å². The van der Waals surface area contributed by atoms with Crippen molar-refractivity contribution >= 4 is 45.5 Å². The number of rotatable bonds is 6. The van der Waals surface area contributed by atoms with Crippen LogP contribution in [0.4, 0.5) is 0 Å². The summed E-state index contributed by atoms with van der Waals surface area (Å²) in [4.78, 5) is 28.9. The van der Waals surface area contributed by atoms with Gasteiger partial charge in [-0.25, -0.2) is 4.98 Å². The monoisotopic (exact) mass is 405 g/mol. The molecule has 0 unspecified atom stereocenters. The van der Waals surface area contributed by atoms with Crippen molar-refractivity contribution < 1.29 is 9.59 Å². The zero-order valence-corrected chi connectivity index (χ0v) is 16.8. The van der Waals surface area contributed by atoms with Gasteiger partial charge in [-0.15, -0.1) is 10.2 Å². The number of aryl methyl sites for hydroxylation is 1. The first kappa shape index (κ1) is 19.1. The molecular weight excluding hydrogens is 386 g/mol. The van der Waals surface area contributed by atoms with Gasteiger partial charge < -0.3 is 9.88 Å². The Bertz CT molecular complexity index is 1210. The number of benzene rings is 2. The second kappa shape index (κ2) is 8.00. The van der Waals surface area contributed by atoms with Crippen LogP contribution in [0.3, 0.4) is 0 Å². The number of ketones is 1. The topological polar surface area (TPSA) is 89.8 Å². The second-order valence-electron chi connectivity index (χ2n) is 6.65. The van der Waals surface area contributed by atoms with Crippen LogP contribution in [0.1, 0.15) is 18.5 Å². The van der Waals surface area contributed by atoms with Crippen LogP contribution in [0.15, 0.2) is 59.8 Å². The van der Waals surface area contributed by atoms with Gasteiger partial charge in [0.15, 0.2) is 11.4 Å². The maximum atomic E-state index is 12.4. The Morgan fingerprint density at radius 2 is 1.79 bits per heavy atom. The zero-order chi connectivity index (χ0) is 20.4. The van der Waals surface area contributed by atoms with Crippen molar-refractivity contribution in [3.05, 3.63) is 60.2 Å². The molecule has 2 heterocycles. The van der Waals surface area contributed by atoms with Gasteiger partial charge in [0.2, 0.25) is 11.1 Å². The molecule has 0 aliphatic heterocycles. The minimum Gasteiger partial charge on any atom is -0.341 e. The molecule has 1 atom stereocenters. The number of hydrogen-bond acceptors (Lipinski definition) is 6. The highest BCUT2D eigenvalue weighted by molar-refractivity contribution is 7.99. The first-order valence-electron chi connectivity index (χ1n) is 9.10. The van der Waals surface area contributed by atoms with Gasteiger partial charge in [0.25, 0.3) is 0 Å². The lowest BCUT2D eigenvalue weighted by molar-refractivity contribution is -0.125. The summed E-state index contributed by atoms with van der Waals surface area (Å²) in [5.41, 5.74) is 3.23. The largest absolute Gasteiger partial charge is 0.341 e. The molecule has 8 heteroatoms. The normalized spacial score (nSPS) is 12.2. The third kappa shape index (κ3) is 3.84. The van der Waals surface area contributed by atoms with E-state index in [1.807, 2.05) is 66.2 Å². The fourth-order valence-electron chi connectivity index (χ4n) is 3.25. The number of thioether (sulfide) groups is 1. The molecule has 7 nitrogen and oxygen atoms in total. The van der Waals surface area contributed by atoms with Crippen molar-refractivity contribution in [2.75, 3.05) is 5.75 Å². The predicted octanol–water partition coefficient (Wildman–Crippen LogP) is 3.06. The van der Waals surface area contributed by atoms with Crippen molar-refractivity contribution in [3.8, 4) is 0 Å². The molecule has 4 rings (SSSR count). The Balaban J connectivity index is 1.49. The van der Waals surface area contributed by atoms with E-state index in [-0.39, 0.29) is 17.4 Å². The highest BCUT2D eigenvalue weighted by Gasteiger charge is 2.19. The summed E-state index contributed by atoms with van der Waals surface area (Å²) in [5, 5.41) is 12.7. The van der Waals surface area contributed by atoms with E-state index in [9.17, 15) is 9.59 Å². The van der Waals surface area contributed by atoms with Crippen LogP contribution in [0, 0.1) is 0 Å². The van der Waals surface area contributed by atoms with Gasteiger partial charge in [-0.05, 0) is 18.6 Å². The lowest BCUT2D eigenvalue weighted by Gasteiger charge is -2.16. The molecule has 146 valence electrons. The molecule has 0 aliphatic rings. The molecule has 2 aromatic heterocycles. The SMILES string of the molecule is CC(=O)[C@@H](NC(=O)CSc1nnc2c3ccccc3n(C)c2n1)c1ccccc1. The fourth-order valence-corrected chi connectivity index (χ4v) is 3.84. The first-order valence-corrected chi connectivity index (χ1v) is 10.1. The van der Waals surface area contributed by atoms with Crippen LogP contribution in [-0.2, 0) is 16.6 Å². The average molecular weight is 405 g/mol. The van der Waals surface area contributed by atoms with E-state index in [1.165, 1.54) is 18.7 Å². The van der Waals surface area contributed by atoms with Crippen LogP contribution in [-0.4, -0.2) is 37.2 Å². The molecule has 1 N–H and O–H groups in total. The number of carbonyl (C=O) groups is 2. The van der Waals surface area contributed by atoms with Crippen molar-refractivity contribution in [1.29, 1.82) is 0 Å². The number of amides is 1. The highest BCUT2D eigenvalue weighted by Crippen LogP contribution is 2.26. The van der Waals surface area contributed by atoms with E-state index in [2.05, 4.69) is 20.5 Å². The Hall–Kier alpha value is -3.26. The number of Topliss-reactive ketones (excluding diaryl/α,β-unsaturated/α-hetero) is 1. The maximum Gasteiger partial charge on any atom is 0.231 e. The molecule has 1 amide bonds. The van der Waals surface area contributed by atoms with Crippen LogP contribution in [0.2, 0.25) is 0 Å².